The van der Waals surface area contributed by atoms with Gasteiger partial charge in [-0.3, -0.25) is 4.79 Å². The number of hydrogen-bond acceptors (Lipinski definition) is 5. The molecule has 1 fully saturated rings. The van der Waals surface area contributed by atoms with Crippen molar-refractivity contribution in [2.45, 2.75) is 13.8 Å². The van der Waals surface area contributed by atoms with Gasteiger partial charge in [-0.15, -0.1) is 0 Å². The second-order valence-electron chi connectivity index (χ2n) is 5.65. The van der Waals surface area contributed by atoms with Gasteiger partial charge in [0.2, 0.25) is 0 Å². The molecule has 2 aromatic carbocycles. The zero-order valence-electron chi connectivity index (χ0n) is 14.2. The number of phenolic OH excluding ortho intramolecular Hbond substituents is 1. The Labute approximate surface area is 150 Å². The number of carbonyl (C=O) groups is 1. The molecule has 1 saturated heterocycles. The Morgan fingerprint density at radius 3 is 2.60 bits per heavy atom. The molecule has 0 unspecified atom stereocenters. The molecule has 5 nitrogen and oxygen atoms in total. The van der Waals surface area contributed by atoms with Crippen LogP contribution in [-0.4, -0.2) is 23.3 Å². The lowest BCUT2D eigenvalue weighted by atomic mass is 10.1. The van der Waals surface area contributed by atoms with Crippen molar-refractivity contribution in [2.75, 3.05) is 7.11 Å². The number of amides is 1. The van der Waals surface area contributed by atoms with Crippen molar-refractivity contribution in [3.8, 4) is 11.5 Å². The van der Waals surface area contributed by atoms with Gasteiger partial charge in [0.05, 0.1) is 12.0 Å². The third-order valence-electron chi connectivity index (χ3n) is 3.84. The predicted octanol–water partition coefficient (Wildman–Crippen LogP) is 3.99. The molecule has 128 valence electrons. The number of carbonyl (C=O) groups excluding carboxylic acids is 1. The predicted molar refractivity (Wildman–Crippen MR) is 101 cm³/mol. The fourth-order valence-corrected chi connectivity index (χ4v) is 3.32. The number of nitrogens with zero attached hydrogens (tertiary/aromatic N) is 1. The lowest BCUT2D eigenvalue weighted by Crippen LogP contribution is -2.19. The summed E-state index contributed by atoms with van der Waals surface area (Å²) in [6.45, 7) is 3.82. The molecular weight excluding hydrogens is 336 g/mol. The summed E-state index contributed by atoms with van der Waals surface area (Å²) in [5.74, 6) is 0.656. The number of aliphatic imine (C=N–C) groups is 1. The zero-order valence-corrected chi connectivity index (χ0v) is 15.0. The minimum Gasteiger partial charge on any atom is -0.506 e. The molecule has 2 N–H and O–H groups in total. The van der Waals surface area contributed by atoms with E-state index in [0.29, 0.717) is 15.8 Å². The van der Waals surface area contributed by atoms with E-state index in [1.165, 1.54) is 11.8 Å². The van der Waals surface area contributed by atoms with Crippen LogP contribution in [0.2, 0.25) is 0 Å². The van der Waals surface area contributed by atoms with Crippen molar-refractivity contribution in [3.63, 3.8) is 0 Å². The van der Waals surface area contributed by atoms with E-state index in [1.807, 2.05) is 38.1 Å². The molecule has 1 heterocycles. The molecule has 3 rings (SSSR count). The third-order valence-corrected chi connectivity index (χ3v) is 4.92. The van der Waals surface area contributed by atoms with Crippen LogP contribution in [0.3, 0.4) is 0 Å². The number of thioether (sulfide) groups is 1. The number of rotatable bonds is 3. The molecule has 1 aliphatic rings. The SMILES string of the molecule is COc1ccc(/C(C)=C2\SC(=Nc3cc(C)ccc3O)NC2=O)cc1. The molecule has 6 heteroatoms. The minimum atomic E-state index is -0.191. The van der Waals surface area contributed by atoms with Crippen molar-refractivity contribution in [3.05, 3.63) is 58.5 Å². The van der Waals surface area contributed by atoms with Crippen molar-refractivity contribution >= 4 is 34.1 Å². The minimum absolute atomic E-state index is 0.0808. The van der Waals surface area contributed by atoms with Gasteiger partial charge in [0, 0.05) is 0 Å². The number of aromatic hydroxyl groups is 1. The summed E-state index contributed by atoms with van der Waals surface area (Å²) in [6.07, 6.45) is 0. The summed E-state index contributed by atoms with van der Waals surface area (Å²) in [4.78, 5) is 17.3. The van der Waals surface area contributed by atoms with Gasteiger partial charge in [0.15, 0.2) is 5.17 Å². The summed E-state index contributed by atoms with van der Waals surface area (Å²) in [6, 6.07) is 12.7. The van der Waals surface area contributed by atoms with Crippen LogP contribution in [0.5, 0.6) is 11.5 Å². The van der Waals surface area contributed by atoms with Crippen LogP contribution in [0.25, 0.3) is 5.57 Å². The average molecular weight is 354 g/mol. The highest BCUT2D eigenvalue weighted by Crippen LogP contribution is 2.35. The summed E-state index contributed by atoms with van der Waals surface area (Å²) in [7, 11) is 1.62. The zero-order chi connectivity index (χ0) is 18.0. The average Bonchev–Trinajstić information content (AvgIpc) is 2.98. The number of benzene rings is 2. The van der Waals surface area contributed by atoms with E-state index in [4.69, 9.17) is 4.74 Å². The lowest BCUT2D eigenvalue weighted by Gasteiger charge is -2.05. The number of nitrogens with one attached hydrogen (secondary N) is 1. The van der Waals surface area contributed by atoms with E-state index < -0.39 is 0 Å². The van der Waals surface area contributed by atoms with Crippen LogP contribution in [0.1, 0.15) is 18.1 Å². The number of phenols is 1. The first-order valence-electron chi connectivity index (χ1n) is 7.70. The molecule has 25 heavy (non-hydrogen) atoms. The van der Waals surface area contributed by atoms with Gasteiger partial charge in [-0.2, -0.15) is 0 Å². The number of hydrogen-bond donors (Lipinski definition) is 2. The van der Waals surface area contributed by atoms with Crippen LogP contribution in [0.15, 0.2) is 52.4 Å². The van der Waals surface area contributed by atoms with E-state index >= 15 is 0 Å². The number of aryl methyl sites for hydroxylation is 1. The fourth-order valence-electron chi connectivity index (χ4n) is 2.42. The largest absolute Gasteiger partial charge is 0.506 e. The van der Waals surface area contributed by atoms with E-state index in [1.54, 1.807) is 25.3 Å². The van der Waals surface area contributed by atoms with Gasteiger partial charge in [-0.05, 0) is 66.6 Å². The Morgan fingerprint density at radius 1 is 1.20 bits per heavy atom. The van der Waals surface area contributed by atoms with Crippen LogP contribution < -0.4 is 10.1 Å². The van der Waals surface area contributed by atoms with Gasteiger partial charge in [-0.1, -0.05) is 18.2 Å². The molecule has 0 bridgehead atoms. The molecule has 0 spiro atoms. The maximum absolute atomic E-state index is 12.3. The molecule has 1 amide bonds. The number of methoxy groups -OCH3 is 1. The quantitative estimate of drug-likeness (QED) is 0.818. The maximum atomic E-state index is 12.3. The number of amidine groups is 1. The van der Waals surface area contributed by atoms with Gasteiger partial charge >= 0.3 is 0 Å². The van der Waals surface area contributed by atoms with E-state index in [9.17, 15) is 9.90 Å². The molecule has 0 atom stereocenters. The van der Waals surface area contributed by atoms with Crippen LogP contribution in [0, 0.1) is 6.92 Å². The van der Waals surface area contributed by atoms with Gasteiger partial charge in [-0.25, -0.2) is 4.99 Å². The summed E-state index contributed by atoms with van der Waals surface area (Å²) in [5.41, 5.74) is 3.23. The number of allylic oxidation sites excluding steroid dienone is 1. The van der Waals surface area contributed by atoms with E-state index in [2.05, 4.69) is 10.3 Å². The molecule has 0 saturated carbocycles. The van der Waals surface area contributed by atoms with Crippen molar-refractivity contribution < 1.29 is 14.6 Å². The Hall–Kier alpha value is -2.73. The Bertz CT molecular complexity index is 886. The lowest BCUT2D eigenvalue weighted by molar-refractivity contribution is -0.115. The molecule has 0 aromatic heterocycles. The summed E-state index contributed by atoms with van der Waals surface area (Å²) in [5, 5.41) is 13.1. The van der Waals surface area contributed by atoms with Gasteiger partial charge < -0.3 is 15.2 Å². The fraction of sp³-hybridized carbons (Fsp3) is 0.158. The van der Waals surface area contributed by atoms with Gasteiger partial charge in [0.1, 0.15) is 17.2 Å². The maximum Gasteiger partial charge on any atom is 0.264 e. The van der Waals surface area contributed by atoms with E-state index in [-0.39, 0.29) is 11.7 Å². The van der Waals surface area contributed by atoms with Crippen molar-refractivity contribution in [2.24, 2.45) is 4.99 Å². The van der Waals surface area contributed by atoms with Crippen LogP contribution in [-0.2, 0) is 4.79 Å². The van der Waals surface area contributed by atoms with Crippen LogP contribution >= 0.6 is 11.8 Å². The molecule has 2 aromatic rings. The molecule has 0 radical (unpaired) electrons. The highest BCUT2D eigenvalue weighted by molar-refractivity contribution is 8.18. The first-order chi connectivity index (χ1) is 12.0. The second kappa shape index (κ2) is 7.03. The summed E-state index contributed by atoms with van der Waals surface area (Å²) < 4.78 is 5.16. The molecular formula is C19H18N2O3S. The standard InChI is InChI=1S/C19H18N2O3S/c1-11-4-9-16(22)15(10-11)20-19-21-18(23)17(25-19)12(2)13-5-7-14(24-3)8-6-13/h4-10,22H,1-3H3,(H,20,21,23)/b17-12-. The third kappa shape index (κ3) is 3.69. The Balaban J connectivity index is 1.90. The van der Waals surface area contributed by atoms with Crippen LogP contribution in [0.4, 0.5) is 5.69 Å². The van der Waals surface area contributed by atoms with Crippen molar-refractivity contribution in [1.29, 1.82) is 0 Å². The number of ether oxygens (including phenoxy) is 1. The Morgan fingerprint density at radius 2 is 1.92 bits per heavy atom. The van der Waals surface area contributed by atoms with Gasteiger partial charge in [0.25, 0.3) is 5.91 Å². The molecule has 1 aliphatic heterocycles. The highest BCUT2D eigenvalue weighted by atomic mass is 32.2. The highest BCUT2D eigenvalue weighted by Gasteiger charge is 2.26. The first-order valence-corrected chi connectivity index (χ1v) is 8.52. The van der Waals surface area contributed by atoms with Crippen molar-refractivity contribution in [1.82, 2.24) is 5.32 Å². The normalized spacial score (nSPS) is 17.6. The smallest absolute Gasteiger partial charge is 0.264 e. The Kier molecular flexibility index (Phi) is 4.81. The molecule has 0 aliphatic carbocycles. The summed E-state index contributed by atoms with van der Waals surface area (Å²) >= 11 is 1.27. The first kappa shape index (κ1) is 17.1. The monoisotopic (exact) mass is 354 g/mol. The topological polar surface area (TPSA) is 70.9 Å². The van der Waals surface area contributed by atoms with E-state index in [0.717, 1.165) is 22.4 Å². The second-order valence-corrected chi connectivity index (χ2v) is 6.65.